The van der Waals surface area contributed by atoms with Gasteiger partial charge in [0.15, 0.2) is 0 Å². The lowest BCUT2D eigenvalue weighted by molar-refractivity contribution is 0.0564. The fourth-order valence-electron chi connectivity index (χ4n) is 2.35. The molecule has 1 fully saturated rings. The van der Waals surface area contributed by atoms with Crippen LogP contribution in [0.2, 0.25) is 0 Å². The Morgan fingerprint density at radius 3 is 2.75 bits per heavy atom. The highest BCUT2D eigenvalue weighted by molar-refractivity contribution is 5.88. The van der Waals surface area contributed by atoms with Crippen LogP contribution < -0.4 is 15.8 Å². The predicted molar refractivity (Wildman–Crippen MR) is 91.3 cm³/mol. The van der Waals surface area contributed by atoms with Crippen molar-refractivity contribution in [2.75, 3.05) is 37.4 Å². The quantitative estimate of drug-likeness (QED) is 0.845. The molecule has 0 saturated carbocycles. The summed E-state index contributed by atoms with van der Waals surface area (Å²) in [6.07, 6.45) is 1.59. The molecule has 2 aromatic rings. The van der Waals surface area contributed by atoms with E-state index in [1.54, 1.807) is 35.4 Å². The number of urea groups is 1. The molecule has 0 radical (unpaired) electrons. The highest BCUT2D eigenvalue weighted by Gasteiger charge is 2.17. The number of hydrogen-bond acceptors (Lipinski definition) is 5. The van der Waals surface area contributed by atoms with Crippen molar-refractivity contribution >= 4 is 17.5 Å². The minimum atomic E-state index is -0.189. The van der Waals surface area contributed by atoms with E-state index in [-0.39, 0.29) is 6.03 Å². The SMILES string of the molecule is Cc1cc(Oc2ccnc(NC(=O)N3CCOCC3)c2)ccc1N. The van der Waals surface area contributed by atoms with Gasteiger partial charge in [0.2, 0.25) is 0 Å². The maximum atomic E-state index is 12.2. The molecule has 1 aliphatic heterocycles. The van der Waals surface area contributed by atoms with Crippen molar-refractivity contribution in [3.05, 3.63) is 42.1 Å². The van der Waals surface area contributed by atoms with Crippen molar-refractivity contribution in [2.24, 2.45) is 0 Å². The zero-order valence-electron chi connectivity index (χ0n) is 13.5. The molecule has 1 aliphatic rings. The Morgan fingerprint density at radius 2 is 2.00 bits per heavy atom. The van der Waals surface area contributed by atoms with Gasteiger partial charge >= 0.3 is 6.03 Å². The molecule has 0 unspecified atom stereocenters. The summed E-state index contributed by atoms with van der Waals surface area (Å²) < 4.78 is 11.0. The van der Waals surface area contributed by atoms with Gasteiger partial charge in [0.25, 0.3) is 0 Å². The zero-order valence-corrected chi connectivity index (χ0v) is 13.5. The van der Waals surface area contributed by atoms with E-state index in [2.05, 4.69) is 10.3 Å². The second-order valence-corrected chi connectivity index (χ2v) is 5.53. The molecule has 3 N–H and O–H groups in total. The molecular weight excluding hydrogens is 308 g/mol. The number of hydrogen-bond donors (Lipinski definition) is 2. The van der Waals surface area contributed by atoms with Gasteiger partial charge in [-0.05, 0) is 36.8 Å². The maximum Gasteiger partial charge on any atom is 0.323 e. The summed E-state index contributed by atoms with van der Waals surface area (Å²) in [5, 5.41) is 2.78. The highest BCUT2D eigenvalue weighted by Crippen LogP contribution is 2.25. The summed E-state index contributed by atoms with van der Waals surface area (Å²) in [4.78, 5) is 18.0. The smallest absolute Gasteiger partial charge is 0.323 e. The molecule has 126 valence electrons. The number of nitrogens with zero attached hydrogens (tertiary/aromatic N) is 2. The van der Waals surface area contributed by atoms with E-state index in [9.17, 15) is 4.79 Å². The van der Waals surface area contributed by atoms with Crippen LogP contribution in [0.5, 0.6) is 11.5 Å². The van der Waals surface area contributed by atoms with E-state index >= 15 is 0 Å². The summed E-state index contributed by atoms with van der Waals surface area (Å²) >= 11 is 0. The first-order valence-electron chi connectivity index (χ1n) is 7.75. The van der Waals surface area contributed by atoms with Crippen LogP contribution in [0.3, 0.4) is 0 Å². The second kappa shape index (κ2) is 7.18. The van der Waals surface area contributed by atoms with E-state index in [1.165, 1.54) is 0 Å². The van der Waals surface area contributed by atoms with Gasteiger partial charge < -0.3 is 20.1 Å². The van der Waals surface area contributed by atoms with Crippen LogP contribution in [0, 0.1) is 6.92 Å². The van der Waals surface area contributed by atoms with E-state index < -0.39 is 0 Å². The average Bonchev–Trinajstić information content (AvgIpc) is 2.59. The van der Waals surface area contributed by atoms with E-state index in [0.717, 1.165) is 11.3 Å². The van der Waals surface area contributed by atoms with E-state index in [0.29, 0.717) is 43.6 Å². The molecule has 7 nitrogen and oxygen atoms in total. The van der Waals surface area contributed by atoms with Crippen molar-refractivity contribution in [1.82, 2.24) is 9.88 Å². The monoisotopic (exact) mass is 328 g/mol. The van der Waals surface area contributed by atoms with Crippen molar-refractivity contribution < 1.29 is 14.3 Å². The molecule has 0 bridgehead atoms. The number of amides is 2. The van der Waals surface area contributed by atoms with Gasteiger partial charge in [0.05, 0.1) is 13.2 Å². The van der Waals surface area contributed by atoms with Gasteiger partial charge in [-0.2, -0.15) is 0 Å². The lowest BCUT2D eigenvalue weighted by Crippen LogP contribution is -2.43. The Hall–Kier alpha value is -2.80. The number of nitrogens with one attached hydrogen (secondary N) is 1. The lowest BCUT2D eigenvalue weighted by atomic mass is 10.2. The van der Waals surface area contributed by atoms with Crippen LogP contribution in [-0.4, -0.2) is 42.2 Å². The predicted octanol–water partition coefficient (Wildman–Crippen LogP) is 2.63. The van der Waals surface area contributed by atoms with Crippen LogP contribution in [0.1, 0.15) is 5.56 Å². The Bertz CT molecular complexity index is 730. The van der Waals surface area contributed by atoms with Crippen molar-refractivity contribution in [1.29, 1.82) is 0 Å². The lowest BCUT2D eigenvalue weighted by Gasteiger charge is -2.26. The molecule has 0 aliphatic carbocycles. The minimum Gasteiger partial charge on any atom is -0.457 e. The topological polar surface area (TPSA) is 89.7 Å². The number of aryl methyl sites for hydroxylation is 1. The fourth-order valence-corrected chi connectivity index (χ4v) is 2.35. The summed E-state index contributed by atoms with van der Waals surface area (Å²) in [6.45, 7) is 4.18. The number of nitrogens with two attached hydrogens (primary N) is 1. The number of pyridine rings is 1. The number of anilines is 2. The first kappa shape index (κ1) is 16.1. The van der Waals surface area contributed by atoms with Gasteiger partial charge in [-0.15, -0.1) is 0 Å². The number of carbonyl (C=O) groups is 1. The number of rotatable bonds is 3. The van der Waals surface area contributed by atoms with Crippen molar-refractivity contribution in [2.45, 2.75) is 6.92 Å². The Kier molecular flexibility index (Phi) is 4.81. The molecule has 2 heterocycles. The molecule has 7 heteroatoms. The molecule has 0 atom stereocenters. The van der Waals surface area contributed by atoms with Crippen LogP contribution in [-0.2, 0) is 4.74 Å². The summed E-state index contributed by atoms with van der Waals surface area (Å²) in [5.41, 5.74) is 7.47. The number of ether oxygens (including phenoxy) is 2. The minimum absolute atomic E-state index is 0.189. The number of aromatic nitrogens is 1. The van der Waals surface area contributed by atoms with E-state index in [1.807, 2.05) is 13.0 Å². The Balaban J connectivity index is 1.67. The van der Waals surface area contributed by atoms with Gasteiger partial charge in [-0.3, -0.25) is 5.32 Å². The molecule has 0 spiro atoms. The molecule has 1 aromatic carbocycles. The normalized spacial score (nSPS) is 14.3. The zero-order chi connectivity index (χ0) is 16.9. The van der Waals surface area contributed by atoms with Crippen molar-refractivity contribution in [3.63, 3.8) is 0 Å². The third-order valence-electron chi connectivity index (χ3n) is 3.74. The third kappa shape index (κ3) is 3.94. The van der Waals surface area contributed by atoms with E-state index in [4.69, 9.17) is 15.2 Å². The summed E-state index contributed by atoms with van der Waals surface area (Å²) in [7, 11) is 0. The van der Waals surface area contributed by atoms with Gasteiger partial charge in [-0.1, -0.05) is 0 Å². The summed E-state index contributed by atoms with van der Waals surface area (Å²) in [5.74, 6) is 1.71. The number of benzene rings is 1. The Labute approximate surface area is 140 Å². The molecular formula is C17H20N4O3. The molecule has 24 heavy (non-hydrogen) atoms. The van der Waals surface area contributed by atoms with Crippen LogP contribution in [0.15, 0.2) is 36.5 Å². The van der Waals surface area contributed by atoms with Crippen molar-refractivity contribution in [3.8, 4) is 11.5 Å². The Morgan fingerprint density at radius 1 is 1.25 bits per heavy atom. The largest absolute Gasteiger partial charge is 0.457 e. The highest BCUT2D eigenvalue weighted by atomic mass is 16.5. The first-order valence-corrected chi connectivity index (χ1v) is 7.75. The van der Waals surface area contributed by atoms with Crippen LogP contribution in [0.25, 0.3) is 0 Å². The van der Waals surface area contributed by atoms with Crippen LogP contribution >= 0.6 is 0 Å². The average molecular weight is 328 g/mol. The second-order valence-electron chi connectivity index (χ2n) is 5.53. The number of morpholine rings is 1. The van der Waals surface area contributed by atoms with Gasteiger partial charge in [-0.25, -0.2) is 9.78 Å². The molecule has 1 saturated heterocycles. The molecule has 3 rings (SSSR count). The first-order chi connectivity index (χ1) is 11.6. The van der Waals surface area contributed by atoms with Gasteiger partial charge in [0, 0.05) is 31.0 Å². The molecule has 1 aromatic heterocycles. The standard InChI is InChI=1S/C17H20N4O3/c1-12-10-13(2-3-15(12)18)24-14-4-5-19-16(11-14)20-17(22)21-6-8-23-9-7-21/h2-5,10-11H,6-9,18H2,1H3,(H,19,20,22). The molecule has 2 amide bonds. The number of carbonyl (C=O) groups excluding carboxylic acids is 1. The van der Waals surface area contributed by atoms with Gasteiger partial charge in [0.1, 0.15) is 17.3 Å². The fraction of sp³-hybridized carbons (Fsp3) is 0.294. The summed E-state index contributed by atoms with van der Waals surface area (Å²) in [6, 6.07) is 8.69. The number of nitrogen functional groups attached to an aromatic ring is 1. The van der Waals surface area contributed by atoms with Crippen LogP contribution in [0.4, 0.5) is 16.3 Å². The maximum absolute atomic E-state index is 12.2. The third-order valence-corrected chi connectivity index (χ3v) is 3.74.